The van der Waals surface area contributed by atoms with Crippen LogP contribution in [0.4, 0.5) is 10.5 Å². The lowest BCUT2D eigenvalue weighted by atomic mass is 9.94. The van der Waals surface area contributed by atoms with Crippen LogP contribution >= 0.6 is 0 Å². The minimum absolute atomic E-state index is 0.0121. The van der Waals surface area contributed by atoms with Crippen molar-refractivity contribution in [3.05, 3.63) is 35.5 Å². The highest BCUT2D eigenvalue weighted by atomic mass is 16.5. The van der Waals surface area contributed by atoms with Gasteiger partial charge in [0.25, 0.3) is 5.89 Å². The highest BCUT2D eigenvalue weighted by Crippen LogP contribution is 2.34. The van der Waals surface area contributed by atoms with E-state index in [1.54, 1.807) is 4.90 Å². The third kappa shape index (κ3) is 4.11. The molecule has 0 bridgehead atoms. The summed E-state index contributed by atoms with van der Waals surface area (Å²) in [6.45, 7) is 7.51. The summed E-state index contributed by atoms with van der Waals surface area (Å²) >= 11 is 0. The first-order valence-corrected chi connectivity index (χ1v) is 9.73. The number of carbonyl (C=O) groups is 1. The Morgan fingerprint density at radius 2 is 2.21 bits per heavy atom. The topological polar surface area (TPSA) is 89.7 Å². The van der Waals surface area contributed by atoms with Crippen molar-refractivity contribution in [2.45, 2.75) is 58.3 Å². The van der Waals surface area contributed by atoms with Crippen molar-refractivity contribution < 1.29 is 18.8 Å². The molecular formula is C20H26N4O4. The minimum atomic E-state index is -0.135. The first kappa shape index (κ1) is 18.7. The van der Waals surface area contributed by atoms with Gasteiger partial charge in [-0.1, -0.05) is 12.1 Å². The summed E-state index contributed by atoms with van der Waals surface area (Å²) in [7, 11) is 0. The van der Waals surface area contributed by atoms with Crippen LogP contribution in [0.3, 0.4) is 0 Å². The van der Waals surface area contributed by atoms with E-state index in [0.717, 1.165) is 36.3 Å². The van der Waals surface area contributed by atoms with E-state index in [9.17, 15) is 4.79 Å². The number of anilines is 1. The average Bonchev–Trinajstić information content (AvgIpc) is 3.08. The van der Waals surface area contributed by atoms with Gasteiger partial charge in [0.2, 0.25) is 0 Å². The number of amides is 2. The van der Waals surface area contributed by atoms with Crippen molar-refractivity contribution in [1.29, 1.82) is 0 Å². The molecule has 1 aromatic heterocycles. The second kappa shape index (κ2) is 7.43. The van der Waals surface area contributed by atoms with Gasteiger partial charge in [-0.25, -0.2) is 4.79 Å². The first-order valence-electron chi connectivity index (χ1n) is 9.73. The Hall–Kier alpha value is -2.61. The maximum Gasteiger partial charge on any atom is 0.322 e. The van der Waals surface area contributed by atoms with Gasteiger partial charge in [0.15, 0.2) is 5.82 Å². The molecule has 0 spiro atoms. The molecule has 8 nitrogen and oxygen atoms in total. The Kier molecular flexibility index (Phi) is 4.97. The van der Waals surface area contributed by atoms with E-state index in [2.05, 4.69) is 29.3 Å². The van der Waals surface area contributed by atoms with Crippen LogP contribution in [-0.4, -0.2) is 45.9 Å². The molecule has 8 heteroatoms. The van der Waals surface area contributed by atoms with Crippen molar-refractivity contribution >= 4 is 11.7 Å². The van der Waals surface area contributed by atoms with Crippen LogP contribution in [0.15, 0.2) is 22.7 Å². The number of benzene rings is 1. The van der Waals surface area contributed by atoms with Gasteiger partial charge in [-0.15, -0.1) is 0 Å². The number of fused-ring (bicyclic) bond motifs is 1. The lowest BCUT2D eigenvalue weighted by molar-refractivity contribution is -0.0496. The van der Waals surface area contributed by atoms with Crippen LogP contribution in [0.2, 0.25) is 0 Å². The fourth-order valence-electron chi connectivity index (χ4n) is 3.33. The molecule has 2 aliphatic rings. The fraction of sp³-hybridized carbons (Fsp3) is 0.550. The molecular weight excluding hydrogens is 360 g/mol. The van der Waals surface area contributed by atoms with Gasteiger partial charge >= 0.3 is 6.03 Å². The number of likely N-dealkylation sites (tertiary alicyclic amines) is 1. The van der Waals surface area contributed by atoms with Gasteiger partial charge in [-0.05, 0) is 50.5 Å². The number of hydrogen-bond acceptors (Lipinski definition) is 6. The van der Waals surface area contributed by atoms with E-state index < -0.39 is 0 Å². The van der Waals surface area contributed by atoms with Crippen molar-refractivity contribution in [2.24, 2.45) is 0 Å². The molecule has 2 amide bonds. The summed E-state index contributed by atoms with van der Waals surface area (Å²) in [5.74, 6) is 2.05. The van der Waals surface area contributed by atoms with Gasteiger partial charge in [-0.3, -0.25) is 0 Å². The number of urea groups is 1. The molecule has 2 aromatic rings. The maximum atomic E-state index is 12.4. The lowest BCUT2D eigenvalue weighted by Crippen LogP contribution is -2.56. The third-order valence-electron chi connectivity index (χ3n) is 5.10. The minimum Gasteiger partial charge on any atom is -0.488 e. The Balaban J connectivity index is 1.24. The van der Waals surface area contributed by atoms with Crippen LogP contribution in [0, 0.1) is 0 Å². The van der Waals surface area contributed by atoms with Crippen molar-refractivity contribution in [1.82, 2.24) is 15.0 Å². The molecule has 0 saturated carbocycles. The van der Waals surface area contributed by atoms with E-state index in [1.807, 2.05) is 25.1 Å². The summed E-state index contributed by atoms with van der Waals surface area (Å²) < 4.78 is 16.8. The monoisotopic (exact) mass is 386 g/mol. The van der Waals surface area contributed by atoms with Gasteiger partial charge in [0.1, 0.15) is 18.0 Å². The Morgan fingerprint density at radius 3 is 2.96 bits per heavy atom. The van der Waals surface area contributed by atoms with Gasteiger partial charge in [-0.2, -0.15) is 4.98 Å². The fourth-order valence-corrected chi connectivity index (χ4v) is 3.33. The second-order valence-electron chi connectivity index (χ2n) is 7.91. The molecule has 150 valence electrons. The summed E-state index contributed by atoms with van der Waals surface area (Å²) in [6.07, 6.45) is 2.62. The van der Waals surface area contributed by atoms with Crippen LogP contribution in [0.5, 0.6) is 5.75 Å². The summed E-state index contributed by atoms with van der Waals surface area (Å²) in [6, 6.07) is 5.69. The Labute approximate surface area is 164 Å². The highest BCUT2D eigenvalue weighted by Gasteiger charge is 2.32. The Morgan fingerprint density at radius 1 is 1.39 bits per heavy atom. The number of aromatic nitrogens is 2. The number of hydrogen-bond donors (Lipinski definition) is 1. The van der Waals surface area contributed by atoms with Gasteiger partial charge in [0, 0.05) is 12.1 Å². The first-order chi connectivity index (χ1) is 13.4. The van der Waals surface area contributed by atoms with Gasteiger partial charge < -0.3 is 24.2 Å². The molecule has 1 aromatic carbocycles. The Bertz CT molecular complexity index is 858. The van der Waals surface area contributed by atoms with E-state index in [1.165, 1.54) is 0 Å². The standard InChI is InChI=1S/C20H26N4O4/c1-4-17-22-18(28-23-17)12-26-15-10-24(11-15)19(25)21-14-5-6-16-13(9-14)7-8-20(2,3)27-16/h5-6,9,15H,4,7-8,10-12H2,1-3H3,(H,21,25). The molecule has 3 heterocycles. The average molecular weight is 386 g/mol. The molecule has 1 N–H and O–H groups in total. The third-order valence-corrected chi connectivity index (χ3v) is 5.10. The number of ether oxygens (including phenoxy) is 2. The smallest absolute Gasteiger partial charge is 0.322 e. The zero-order chi connectivity index (χ0) is 19.7. The summed E-state index contributed by atoms with van der Waals surface area (Å²) in [4.78, 5) is 18.3. The summed E-state index contributed by atoms with van der Waals surface area (Å²) in [5.41, 5.74) is 1.78. The predicted molar refractivity (Wildman–Crippen MR) is 102 cm³/mol. The number of carbonyl (C=O) groups excluding carboxylic acids is 1. The van der Waals surface area contributed by atoms with E-state index in [-0.39, 0.29) is 24.3 Å². The van der Waals surface area contributed by atoms with Crippen molar-refractivity contribution in [3.63, 3.8) is 0 Å². The zero-order valence-electron chi connectivity index (χ0n) is 16.5. The molecule has 4 rings (SSSR count). The molecule has 0 unspecified atom stereocenters. The second-order valence-corrected chi connectivity index (χ2v) is 7.91. The zero-order valence-corrected chi connectivity index (χ0v) is 16.5. The largest absolute Gasteiger partial charge is 0.488 e. The molecule has 2 aliphatic heterocycles. The number of nitrogens with one attached hydrogen (secondary N) is 1. The number of aryl methyl sites for hydroxylation is 2. The van der Waals surface area contributed by atoms with E-state index in [4.69, 9.17) is 14.0 Å². The van der Waals surface area contributed by atoms with Crippen LogP contribution < -0.4 is 10.1 Å². The summed E-state index contributed by atoms with van der Waals surface area (Å²) in [5, 5.41) is 6.79. The van der Waals surface area contributed by atoms with Crippen LogP contribution in [0.1, 0.15) is 44.5 Å². The molecule has 1 saturated heterocycles. The highest BCUT2D eigenvalue weighted by molar-refractivity contribution is 5.90. The lowest BCUT2D eigenvalue weighted by Gasteiger charge is -2.38. The van der Waals surface area contributed by atoms with Crippen LogP contribution in [-0.2, 0) is 24.2 Å². The number of nitrogens with zero attached hydrogens (tertiary/aromatic N) is 3. The predicted octanol–water partition coefficient (Wildman–Crippen LogP) is 3.17. The van der Waals surface area contributed by atoms with E-state index >= 15 is 0 Å². The van der Waals surface area contributed by atoms with Crippen molar-refractivity contribution in [2.75, 3.05) is 18.4 Å². The molecule has 0 atom stereocenters. The van der Waals surface area contributed by atoms with Gasteiger partial charge in [0.05, 0.1) is 19.2 Å². The van der Waals surface area contributed by atoms with Crippen LogP contribution in [0.25, 0.3) is 0 Å². The van der Waals surface area contributed by atoms with Crippen molar-refractivity contribution in [3.8, 4) is 5.75 Å². The quantitative estimate of drug-likeness (QED) is 0.849. The molecule has 0 radical (unpaired) electrons. The SMILES string of the molecule is CCc1noc(COC2CN(C(=O)Nc3ccc4c(c3)CCC(C)(C)O4)C2)n1. The molecule has 1 fully saturated rings. The normalized spacial score (nSPS) is 18.2. The molecule has 0 aliphatic carbocycles. The maximum absolute atomic E-state index is 12.4. The van der Waals surface area contributed by atoms with E-state index in [0.29, 0.717) is 24.8 Å². The number of rotatable bonds is 5. The molecule has 28 heavy (non-hydrogen) atoms.